The molecule has 0 spiro atoms. The SMILES string of the molecule is COc1ccc(CN(C)C(=O)CN(c2cc(Cl)ccc2OC)S(C)(=O)=O)cc1. The van der Waals surface area contributed by atoms with Crippen molar-refractivity contribution in [2.75, 3.05) is 38.4 Å². The highest BCUT2D eigenvalue weighted by atomic mass is 35.5. The summed E-state index contributed by atoms with van der Waals surface area (Å²) in [6.45, 7) is -0.0463. The first-order chi connectivity index (χ1) is 13.2. The number of carbonyl (C=O) groups excluding carboxylic acids is 1. The number of nitrogens with zero attached hydrogens (tertiary/aromatic N) is 2. The molecule has 0 saturated heterocycles. The van der Waals surface area contributed by atoms with Crippen LogP contribution in [0.4, 0.5) is 5.69 Å². The molecule has 2 rings (SSSR count). The minimum Gasteiger partial charge on any atom is -0.497 e. The molecule has 0 aliphatic carbocycles. The fraction of sp³-hybridized carbons (Fsp3) is 0.316. The molecule has 0 heterocycles. The third-order valence-corrected chi connectivity index (χ3v) is 5.45. The van der Waals surface area contributed by atoms with Gasteiger partial charge in [-0.2, -0.15) is 0 Å². The summed E-state index contributed by atoms with van der Waals surface area (Å²) in [6.07, 6.45) is 1.03. The number of carbonyl (C=O) groups is 1. The number of methoxy groups -OCH3 is 2. The molecule has 0 unspecified atom stereocenters. The van der Waals surface area contributed by atoms with Crippen molar-refractivity contribution >= 4 is 33.2 Å². The van der Waals surface area contributed by atoms with E-state index in [9.17, 15) is 13.2 Å². The van der Waals surface area contributed by atoms with Crippen LogP contribution in [0.3, 0.4) is 0 Å². The Hall–Kier alpha value is -2.45. The molecule has 0 atom stereocenters. The average Bonchev–Trinajstić information content (AvgIpc) is 2.65. The fourth-order valence-corrected chi connectivity index (χ4v) is 3.59. The Bertz CT molecular complexity index is 932. The van der Waals surface area contributed by atoms with Crippen molar-refractivity contribution in [3.63, 3.8) is 0 Å². The monoisotopic (exact) mass is 426 g/mol. The molecule has 0 radical (unpaired) electrons. The number of likely N-dealkylation sites (N-methyl/N-ethyl adjacent to an activating group) is 1. The number of ether oxygens (including phenoxy) is 2. The average molecular weight is 427 g/mol. The third kappa shape index (κ3) is 5.53. The van der Waals surface area contributed by atoms with Gasteiger partial charge in [-0.1, -0.05) is 23.7 Å². The lowest BCUT2D eigenvalue weighted by Gasteiger charge is -2.26. The van der Waals surface area contributed by atoms with E-state index in [0.29, 0.717) is 23.1 Å². The Morgan fingerprint density at radius 1 is 1.07 bits per heavy atom. The van der Waals surface area contributed by atoms with Gasteiger partial charge in [0.15, 0.2) is 0 Å². The molecule has 2 aromatic carbocycles. The van der Waals surface area contributed by atoms with Gasteiger partial charge >= 0.3 is 0 Å². The molecule has 0 fully saturated rings. The van der Waals surface area contributed by atoms with E-state index >= 15 is 0 Å². The highest BCUT2D eigenvalue weighted by Crippen LogP contribution is 2.32. The Balaban J connectivity index is 2.22. The molecule has 9 heteroatoms. The van der Waals surface area contributed by atoms with Gasteiger partial charge in [-0.25, -0.2) is 8.42 Å². The number of hydrogen-bond acceptors (Lipinski definition) is 5. The van der Waals surface area contributed by atoms with Crippen molar-refractivity contribution < 1.29 is 22.7 Å². The van der Waals surface area contributed by atoms with Crippen molar-refractivity contribution in [2.24, 2.45) is 0 Å². The predicted octanol–water partition coefficient (Wildman–Crippen LogP) is 2.78. The van der Waals surface area contributed by atoms with Gasteiger partial charge in [-0.15, -0.1) is 0 Å². The topological polar surface area (TPSA) is 76.2 Å². The normalized spacial score (nSPS) is 11.0. The van der Waals surface area contributed by atoms with E-state index in [-0.39, 0.29) is 18.1 Å². The van der Waals surface area contributed by atoms with Gasteiger partial charge in [0, 0.05) is 18.6 Å². The van der Waals surface area contributed by atoms with Gasteiger partial charge < -0.3 is 14.4 Å². The van der Waals surface area contributed by atoms with E-state index in [1.165, 1.54) is 18.1 Å². The molecule has 0 N–H and O–H groups in total. The molecular formula is C19H23ClN2O5S. The highest BCUT2D eigenvalue weighted by Gasteiger charge is 2.25. The summed E-state index contributed by atoms with van der Waals surface area (Å²) in [7, 11) is 0.866. The number of sulfonamides is 1. The summed E-state index contributed by atoms with van der Waals surface area (Å²) in [6, 6.07) is 11.9. The van der Waals surface area contributed by atoms with Crippen LogP contribution in [0.1, 0.15) is 5.56 Å². The molecule has 0 saturated carbocycles. The molecule has 2 aromatic rings. The summed E-state index contributed by atoms with van der Waals surface area (Å²) in [5.74, 6) is 0.651. The van der Waals surface area contributed by atoms with Crippen molar-refractivity contribution in [3.8, 4) is 11.5 Å². The van der Waals surface area contributed by atoms with Crippen molar-refractivity contribution in [1.82, 2.24) is 4.90 Å². The minimum atomic E-state index is -3.75. The Labute approximate surface area is 170 Å². The molecule has 0 bridgehead atoms. The van der Waals surface area contributed by atoms with Crippen LogP contribution >= 0.6 is 11.6 Å². The van der Waals surface area contributed by atoms with E-state index in [2.05, 4.69) is 0 Å². The summed E-state index contributed by atoms with van der Waals surface area (Å²) in [5.41, 5.74) is 1.10. The van der Waals surface area contributed by atoms with Crippen LogP contribution in [0.5, 0.6) is 11.5 Å². The molecule has 152 valence electrons. The van der Waals surface area contributed by atoms with Crippen LogP contribution in [0.15, 0.2) is 42.5 Å². The quantitative estimate of drug-likeness (QED) is 0.648. The number of amides is 1. The second-order valence-corrected chi connectivity index (χ2v) is 8.53. The van der Waals surface area contributed by atoms with E-state index in [1.807, 2.05) is 12.1 Å². The lowest BCUT2D eigenvalue weighted by atomic mass is 10.2. The van der Waals surface area contributed by atoms with E-state index < -0.39 is 10.0 Å². The number of anilines is 1. The molecule has 7 nitrogen and oxygen atoms in total. The molecule has 0 aliphatic rings. The second-order valence-electron chi connectivity index (χ2n) is 6.18. The number of rotatable bonds is 8. The van der Waals surface area contributed by atoms with E-state index in [4.69, 9.17) is 21.1 Å². The first-order valence-electron chi connectivity index (χ1n) is 8.34. The number of hydrogen-bond donors (Lipinski definition) is 0. The Morgan fingerprint density at radius 3 is 2.25 bits per heavy atom. The van der Waals surface area contributed by atoms with Crippen LogP contribution in [-0.4, -0.2) is 53.3 Å². The van der Waals surface area contributed by atoms with Crippen LogP contribution in [0.2, 0.25) is 5.02 Å². The lowest BCUT2D eigenvalue weighted by molar-refractivity contribution is -0.128. The summed E-state index contributed by atoms with van der Waals surface area (Å²) in [4.78, 5) is 14.2. The zero-order valence-corrected chi connectivity index (χ0v) is 17.7. The highest BCUT2D eigenvalue weighted by molar-refractivity contribution is 7.92. The van der Waals surface area contributed by atoms with Gasteiger partial charge in [0.2, 0.25) is 15.9 Å². The zero-order valence-electron chi connectivity index (χ0n) is 16.2. The zero-order chi connectivity index (χ0) is 20.9. The minimum absolute atomic E-state index is 0.212. The Morgan fingerprint density at radius 2 is 1.71 bits per heavy atom. The molecule has 28 heavy (non-hydrogen) atoms. The largest absolute Gasteiger partial charge is 0.497 e. The lowest BCUT2D eigenvalue weighted by Crippen LogP contribution is -2.41. The fourth-order valence-electron chi connectivity index (χ4n) is 2.58. The maximum Gasteiger partial charge on any atom is 0.243 e. The van der Waals surface area contributed by atoms with Crippen LogP contribution in [0.25, 0.3) is 0 Å². The van der Waals surface area contributed by atoms with Crippen LogP contribution in [-0.2, 0) is 21.4 Å². The summed E-state index contributed by atoms with van der Waals surface area (Å²) >= 11 is 6.02. The van der Waals surface area contributed by atoms with Gasteiger partial charge in [0.05, 0.1) is 26.2 Å². The predicted molar refractivity (Wildman–Crippen MR) is 110 cm³/mol. The van der Waals surface area contributed by atoms with E-state index in [1.54, 1.807) is 38.4 Å². The van der Waals surface area contributed by atoms with Gasteiger partial charge in [-0.05, 0) is 35.9 Å². The summed E-state index contributed by atoms with van der Waals surface area (Å²) < 4.78 is 36.0. The van der Waals surface area contributed by atoms with Crippen LogP contribution < -0.4 is 13.8 Å². The first-order valence-corrected chi connectivity index (χ1v) is 10.6. The second kappa shape index (κ2) is 9.16. The third-order valence-electron chi connectivity index (χ3n) is 4.09. The van der Waals surface area contributed by atoms with Crippen LogP contribution in [0, 0.1) is 0 Å². The standard InChI is InChI=1S/C19H23ClN2O5S/c1-21(12-14-5-8-16(26-2)9-6-14)19(23)13-22(28(4,24)25)17-11-15(20)7-10-18(17)27-3/h5-11H,12-13H2,1-4H3. The molecule has 1 amide bonds. The van der Waals surface area contributed by atoms with Gasteiger partial charge in [0.1, 0.15) is 18.0 Å². The maximum atomic E-state index is 12.7. The first kappa shape index (κ1) is 21.8. The van der Waals surface area contributed by atoms with Crippen molar-refractivity contribution in [1.29, 1.82) is 0 Å². The molecule has 0 aromatic heterocycles. The molecular weight excluding hydrogens is 404 g/mol. The molecule has 0 aliphatic heterocycles. The van der Waals surface area contributed by atoms with Gasteiger partial charge in [0.25, 0.3) is 0 Å². The van der Waals surface area contributed by atoms with Gasteiger partial charge in [-0.3, -0.25) is 9.10 Å². The number of halogens is 1. The summed E-state index contributed by atoms with van der Waals surface area (Å²) in [5, 5.41) is 0.337. The smallest absolute Gasteiger partial charge is 0.243 e. The van der Waals surface area contributed by atoms with Crippen molar-refractivity contribution in [3.05, 3.63) is 53.1 Å². The van der Waals surface area contributed by atoms with E-state index in [0.717, 1.165) is 16.1 Å². The maximum absolute atomic E-state index is 12.7. The van der Waals surface area contributed by atoms with Crippen molar-refractivity contribution in [2.45, 2.75) is 6.54 Å². The Kier molecular flexibility index (Phi) is 7.15. The number of benzene rings is 2.